The van der Waals surface area contributed by atoms with E-state index in [0.717, 1.165) is 6.07 Å². The molecule has 0 heterocycles. The number of carboxylic acids is 1. The molecule has 0 saturated heterocycles. The highest BCUT2D eigenvalue weighted by atomic mass is 79.9. The monoisotopic (exact) mass is 263 g/mol. The van der Waals surface area contributed by atoms with Crippen LogP contribution in [0.4, 0.5) is 10.1 Å². The third kappa shape index (κ3) is 1.65. The Labute approximate surface area is 87.6 Å². The van der Waals surface area contributed by atoms with Gasteiger partial charge in [-0.25, -0.2) is 9.18 Å². The van der Waals surface area contributed by atoms with Crippen LogP contribution in [-0.4, -0.2) is 18.2 Å². The number of halogens is 2. The summed E-state index contributed by atoms with van der Waals surface area (Å²) in [7, 11) is 1.23. The molecule has 6 heteroatoms. The molecule has 0 fully saturated rings. The van der Waals surface area contributed by atoms with Crippen LogP contribution in [0.5, 0.6) is 5.75 Å². The average Bonchev–Trinajstić information content (AvgIpc) is 2.13. The molecular weight excluding hydrogens is 257 g/mol. The van der Waals surface area contributed by atoms with Gasteiger partial charge in [0.2, 0.25) is 0 Å². The fourth-order valence-corrected chi connectivity index (χ4v) is 1.45. The van der Waals surface area contributed by atoms with Crippen LogP contribution >= 0.6 is 15.9 Å². The minimum atomic E-state index is -1.23. The zero-order chi connectivity index (χ0) is 10.9. The van der Waals surface area contributed by atoms with Crippen molar-refractivity contribution in [1.29, 1.82) is 0 Å². The van der Waals surface area contributed by atoms with E-state index in [2.05, 4.69) is 15.9 Å². The molecule has 0 aliphatic rings. The van der Waals surface area contributed by atoms with Crippen LogP contribution in [0.1, 0.15) is 10.4 Å². The van der Waals surface area contributed by atoms with E-state index in [0.29, 0.717) is 0 Å². The van der Waals surface area contributed by atoms with Crippen LogP contribution in [0.3, 0.4) is 0 Å². The second-order valence-corrected chi connectivity index (χ2v) is 3.33. The van der Waals surface area contributed by atoms with Crippen molar-refractivity contribution in [3.63, 3.8) is 0 Å². The molecule has 0 aliphatic heterocycles. The quantitative estimate of drug-likeness (QED) is 0.800. The summed E-state index contributed by atoms with van der Waals surface area (Å²) in [5.41, 5.74) is 4.84. The van der Waals surface area contributed by atoms with Gasteiger partial charge in [-0.15, -0.1) is 0 Å². The molecule has 0 aliphatic carbocycles. The van der Waals surface area contributed by atoms with Crippen LogP contribution in [-0.2, 0) is 0 Å². The number of nitrogen functional groups attached to an aromatic ring is 1. The predicted octanol–water partition coefficient (Wildman–Crippen LogP) is 1.88. The lowest BCUT2D eigenvalue weighted by Crippen LogP contribution is -2.05. The number of anilines is 1. The van der Waals surface area contributed by atoms with Gasteiger partial charge in [0.15, 0.2) is 11.6 Å². The summed E-state index contributed by atoms with van der Waals surface area (Å²) in [6.07, 6.45) is 0. The van der Waals surface area contributed by atoms with Gasteiger partial charge in [-0.05, 0) is 22.0 Å². The van der Waals surface area contributed by atoms with E-state index in [-0.39, 0.29) is 21.5 Å². The first kappa shape index (κ1) is 10.8. The molecule has 0 spiro atoms. The van der Waals surface area contributed by atoms with E-state index in [4.69, 9.17) is 15.6 Å². The molecule has 0 amide bonds. The molecule has 4 nitrogen and oxygen atoms in total. The Kier molecular flexibility index (Phi) is 2.95. The second-order valence-electron chi connectivity index (χ2n) is 2.47. The van der Waals surface area contributed by atoms with Gasteiger partial charge >= 0.3 is 5.97 Å². The Hall–Kier alpha value is -1.30. The van der Waals surface area contributed by atoms with Crippen molar-refractivity contribution in [3.05, 3.63) is 21.9 Å². The highest BCUT2D eigenvalue weighted by molar-refractivity contribution is 9.10. The van der Waals surface area contributed by atoms with Gasteiger partial charge in [-0.3, -0.25) is 0 Å². The van der Waals surface area contributed by atoms with Crippen molar-refractivity contribution in [2.45, 2.75) is 0 Å². The molecule has 3 N–H and O–H groups in total. The van der Waals surface area contributed by atoms with E-state index >= 15 is 0 Å². The number of carboxylic acid groups (broad SMARTS) is 1. The first-order valence-electron chi connectivity index (χ1n) is 3.53. The normalized spacial score (nSPS) is 9.93. The maximum Gasteiger partial charge on any atom is 0.339 e. The summed E-state index contributed by atoms with van der Waals surface area (Å²) in [5, 5.41) is 8.76. The first-order valence-corrected chi connectivity index (χ1v) is 4.33. The smallest absolute Gasteiger partial charge is 0.339 e. The van der Waals surface area contributed by atoms with Gasteiger partial charge in [-0.2, -0.15) is 0 Å². The van der Waals surface area contributed by atoms with Gasteiger partial charge in [-0.1, -0.05) is 0 Å². The molecule has 14 heavy (non-hydrogen) atoms. The molecule has 0 bridgehead atoms. The number of nitrogens with two attached hydrogens (primary N) is 1. The summed E-state index contributed by atoms with van der Waals surface area (Å²) in [6.45, 7) is 0. The van der Waals surface area contributed by atoms with E-state index < -0.39 is 11.8 Å². The number of benzene rings is 1. The van der Waals surface area contributed by atoms with Gasteiger partial charge in [0.05, 0.1) is 11.6 Å². The van der Waals surface area contributed by atoms with Crippen molar-refractivity contribution >= 4 is 27.6 Å². The molecule has 0 atom stereocenters. The van der Waals surface area contributed by atoms with Crippen molar-refractivity contribution in [2.75, 3.05) is 12.8 Å². The Morgan fingerprint density at radius 1 is 1.71 bits per heavy atom. The molecule has 1 rings (SSSR count). The van der Waals surface area contributed by atoms with Gasteiger partial charge < -0.3 is 15.6 Å². The molecule has 1 aromatic rings. The van der Waals surface area contributed by atoms with Gasteiger partial charge in [0.1, 0.15) is 11.3 Å². The molecule has 0 unspecified atom stereocenters. The third-order valence-electron chi connectivity index (χ3n) is 1.64. The van der Waals surface area contributed by atoms with Gasteiger partial charge in [0.25, 0.3) is 0 Å². The van der Waals surface area contributed by atoms with Crippen LogP contribution < -0.4 is 10.5 Å². The van der Waals surface area contributed by atoms with Crippen molar-refractivity contribution < 1.29 is 19.0 Å². The topological polar surface area (TPSA) is 72.5 Å². The fourth-order valence-electron chi connectivity index (χ4n) is 1.01. The minimum Gasteiger partial charge on any atom is -0.494 e. The van der Waals surface area contributed by atoms with Crippen LogP contribution in [0, 0.1) is 5.82 Å². The molecule has 0 radical (unpaired) electrons. The van der Waals surface area contributed by atoms with E-state index in [1.54, 1.807) is 0 Å². The lowest BCUT2D eigenvalue weighted by atomic mass is 10.1. The molecule has 0 aromatic heterocycles. The Bertz CT molecular complexity index is 395. The zero-order valence-corrected chi connectivity index (χ0v) is 8.76. The minimum absolute atomic E-state index is 0.00630. The summed E-state index contributed by atoms with van der Waals surface area (Å²) >= 11 is 2.85. The summed E-state index contributed by atoms with van der Waals surface area (Å²) in [6, 6.07) is 1.10. The third-order valence-corrected chi connectivity index (χ3v) is 2.22. The first-order chi connectivity index (χ1) is 6.49. The van der Waals surface area contributed by atoms with E-state index in [9.17, 15) is 9.18 Å². The number of hydrogen-bond donors (Lipinski definition) is 2. The average molecular weight is 264 g/mol. The Morgan fingerprint density at radius 3 is 2.71 bits per heavy atom. The number of hydrogen-bond acceptors (Lipinski definition) is 3. The standard InChI is InChI=1S/C8H7BrFNO3/c1-14-7-3(8(12)13)2-4(9)5(10)6(7)11/h2H,11H2,1H3,(H,12,13). The van der Waals surface area contributed by atoms with E-state index in [1.165, 1.54) is 7.11 Å². The number of rotatable bonds is 2. The number of methoxy groups -OCH3 is 1. The Morgan fingerprint density at radius 2 is 2.29 bits per heavy atom. The van der Waals surface area contributed by atoms with Gasteiger partial charge in [0, 0.05) is 0 Å². The summed E-state index contributed by atoms with van der Waals surface area (Å²) < 4.78 is 17.9. The lowest BCUT2D eigenvalue weighted by molar-refractivity contribution is 0.0693. The SMILES string of the molecule is COc1c(C(=O)O)cc(Br)c(F)c1N. The number of ether oxygens (including phenoxy) is 1. The summed E-state index contributed by atoms with van der Waals surface area (Å²) in [5.74, 6) is -2.13. The number of aromatic carboxylic acids is 1. The highest BCUT2D eigenvalue weighted by Crippen LogP contribution is 2.33. The second kappa shape index (κ2) is 3.83. The zero-order valence-electron chi connectivity index (χ0n) is 7.17. The fraction of sp³-hybridized carbons (Fsp3) is 0.125. The maximum atomic E-state index is 13.2. The maximum absolute atomic E-state index is 13.2. The Balaban J connectivity index is 3.51. The predicted molar refractivity (Wildman–Crippen MR) is 52.0 cm³/mol. The van der Waals surface area contributed by atoms with Crippen molar-refractivity contribution in [1.82, 2.24) is 0 Å². The number of carbonyl (C=O) groups is 1. The molecule has 0 saturated carbocycles. The van der Waals surface area contributed by atoms with Crippen molar-refractivity contribution in [3.8, 4) is 5.75 Å². The van der Waals surface area contributed by atoms with Crippen LogP contribution in [0.15, 0.2) is 10.5 Å². The van der Waals surface area contributed by atoms with Crippen LogP contribution in [0.25, 0.3) is 0 Å². The largest absolute Gasteiger partial charge is 0.494 e. The van der Waals surface area contributed by atoms with Crippen LogP contribution in [0.2, 0.25) is 0 Å². The molecule has 76 valence electrons. The molecular formula is C8H7BrFNO3. The lowest BCUT2D eigenvalue weighted by Gasteiger charge is -2.09. The summed E-state index contributed by atoms with van der Waals surface area (Å²) in [4.78, 5) is 10.7. The van der Waals surface area contributed by atoms with E-state index in [1.807, 2.05) is 0 Å². The highest BCUT2D eigenvalue weighted by Gasteiger charge is 2.19. The molecule has 1 aromatic carbocycles. The van der Waals surface area contributed by atoms with Crippen molar-refractivity contribution in [2.24, 2.45) is 0 Å².